The molecule has 2 aromatic rings. The number of rotatable bonds is 10. The molecule has 2 amide bonds. The van der Waals surface area contributed by atoms with Gasteiger partial charge in [0, 0.05) is 17.8 Å². The van der Waals surface area contributed by atoms with Crippen LogP contribution >= 0.6 is 0 Å². The number of carbonyl (C=O) groups excluding carboxylic acids is 2. The molecule has 0 saturated carbocycles. The lowest BCUT2D eigenvalue weighted by Crippen LogP contribution is -2.22. The SMILES string of the molecule is CCCCOc1ccc(CNC(=O)c2ccc(NC(=O)OCC)cc2)cc1OC. The van der Waals surface area contributed by atoms with Gasteiger partial charge in [-0.15, -0.1) is 0 Å². The highest BCUT2D eigenvalue weighted by molar-refractivity contribution is 5.95. The summed E-state index contributed by atoms with van der Waals surface area (Å²) in [5, 5.41) is 5.46. The Hall–Kier alpha value is -3.22. The average molecular weight is 400 g/mol. The van der Waals surface area contributed by atoms with E-state index in [-0.39, 0.29) is 5.91 Å². The zero-order chi connectivity index (χ0) is 21.1. The first kappa shape index (κ1) is 22.1. The Labute approximate surface area is 171 Å². The second kappa shape index (κ2) is 11.6. The molecule has 0 atom stereocenters. The lowest BCUT2D eigenvalue weighted by molar-refractivity contribution is 0.0951. The van der Waals surface area contributed by atoms with Crippen LogP contribution in [0.3, 0.4) is 0 Å². The number of hydrogen-bond donors (Lipinski definition) is 2. The highest BCUT2D eigenvalue weighted by atomic mass is 16.5. The van der Waals surface area contributed by atoms with Crippen molar-refractivity contribution < 1.29 is 23.8 Å². The minimum Gasteiger partial charge on any atom is -0.493 e. The summed E-state index contributed by atoms with van der Waals surface area (Å²) in [6.45, 7) is 5.13. The van der Waals surface area contributed by atoms with Crippen LogP contribution in [0.15, 0.2) is 42.5 Å². The van der Waals surface area contributed by atoms with E-state index < -0.39 is 6.09 Å². The Morgan fingerprint density at radius 2 is 1.76 bits per heavy atom. The molecule has 0 fully saturated rings. The molecule has 156 valence electrons. The fourth-order valence-corrected chi connectivity index (χ4v) is 2.54. The van der Waals surface area contributed by atoms with Crippen molar-refractivity contribution in [2.24, 2.45) is 0 Å². The van der Waals surface area contributed by atoms with E-state index in [1.807, 2.05) is 18.2 Å². The molecule has 2 N–H and O–H groups in total. The van der Waals surface area contributed by atoms with Crippen LogP contribution in [0.2, 0.25) is 0 Å². The summed E-state index contributed by atoms with van der Waals surface area (Å²) < 4.78 is 15.9. The molecule has 7 nitrogen and oxygen atoms in total. The van der Waals surface area contributed by atoms with Gasteiger partial charge in [-0.25, -0.2) is 4.79 Å². The maximum atomic E-state index is 12.4. The smallest absolute Gasteiger partial charge is 0.411 e. The molecule has 2 rings (SSSR count). The number of hydrogen-bond acceptors (Lipinski definition) is 5. The molecular formula is C22H28N2O5. The van der Waals surface area contributed by atoms with Crippen LogP contribution in [0.4, 0.5) is 10.5 Å². The van der Waals surface area contributed by atoms with Gasteiger partial charge in [-0.1, -0.05) is 19.4 Å². The molecule has 29 heavy (non-hydrogen) atoms. The lowest BCUT2D eigenvalue weighted by atomic mass is 10.1. The predicted molar refractivity (Wildman–Crippen MR) is 112 cm³/mol. The maximum absolute atomic E-state index is 12.4. The lowest BCUT2D eigenvalue weighted by Gasteiger charge is -2.12. The van der Waals surface area contributed by atoms with Crippen molar-refractivity contribution in [3.63, 3.8) is 0 Å². The van der Waals surface area contributed by atoms with Crippen LogP contribution in [0, 0.1) is 0 Å². The average Bonchev–Trinajstić information content (AvgIpc) is 2.73. The van der Waals surface area contributed by atoms with E-state index in [2.05, 4.69) is 17.6 Å². The van der Waals surface area contributed by atoms with Gasteiger partial charge in [-0.3, -0.25) is 10.1 Å². The third-order valence-electron chi connectivity index (χ3n) is 4.11. The van der Waals surface area contributed by atoms with Crippen molar-refractivity contribution in [1.29, 1.82) is 0 Å². The van der Waals surface area contributed by atoms with Gasteiger partial charge in [0.2, 0.25) is 0 Å². The first-order valence-corrected chi connectivity index (χ1v) is 9.69. The molecule has 0 bridgehead atoms. The standard InChI is InChI=1S/C22H28N2O5/c1-4-6-13-29-19-12-7-16(14-20(19)27-3)15-23-21(25)17-8-10-18(11-9-17)24-22(26)28-5-2/h7-12,14H,4-6,13,15H2,1-3H3,(H,23,25)(H,24,26). The molecule has 0 saturated heterocycles. The molecule has 0 aromatic heterocycles. The van der Waals surface area contributed by atoms with Gasteiger partial charge in [-0.05, 0) is 55.3 Å². The van der Waals surface area contributed by atoms with Crippen molar-refractivity contribution in [3.05, 3.63) is 53.6 Å². The van der Waals surface area contributed by atoms with Crippen LogP contribution in [0.1, 0.15) is 42.6 Å². The molecule has 0 unspecified atom stereocenters. The Morgan fingerprint density at radius 1 is 1.00 bits per heavy atom. The number of benzene rings is 2. The van der Waals surface area contributed by atoms with Crippen LogP contribution in [0.5, 0.6) is 11.5 Å². The minimum absolute atomic E-state index is 0.213. The Balaban J connectivity index is 1.92. The molecule has 0 spiro atoms. The van der Waals surface area contributed by atoms with E-state index in [0.29, 0.717) is 42.5 Å². The fraction of sp³-hybridized carbons (Fsp3) is 0.364. The number of anilines is 1. The normalized spacial score (nSPS) is 10.2. The maximum Gasteiger partial charge on any atom is 0.411 e. The molecule has 0 heterocycles. The third-order valence-corrected chi connectivity index (χ3v) is 4.11. The number of unbranched alkanes of at least 4 members (excludes halogenated alkanes) is 1. The van der Waals surface area contributed by atoms with Gasteiger partial charge >= 0.3 is 6.09 Å². The van der Waals surface area contributed by atoms with Crippen molar-refractivity contribution in [2.75, 3.05) is 25.6 Å². The van der Waals surface area contributed by atoms with Crippen LogP contribution in [0.25, 0.3) is 0 Å². The second-order valence-electron chi connectivity index (χ2n) is 6.29. The van der Waals surface area contributed by atoms with Crippen LogP contribution in [-0.2, 0) is 11.3 Å². The number of ether oxygens (including phenoxy) is 3. The summed E-state index contributed by atoms with van der Waals surface area (Å²) in [7, 11) is 1.59. The van der Waals surface area contributed by atoms with Gasteiger partial charge in [0.25, 0.3) is 5.91 Å². The Bertz CT molecular complexity index is 805. The van der Waals surface area contributed by atoms with Gasteiger partial charge in [0.1, 0.15) is 0 Å². The fourth-order valence-electron chi connectivity index (χ4n) is 2.54. The number of carbonyl (C=O) groups is 2. The molecule has 0 aliphatic carbocycles. The molecular weight excluding hydrogens is 372 g/mol. The second-order valence-corrected chi connectivity index (χ2v) is 6.29. The van der Waals surface area contributed by atoms with Crippen molar-refractivity contribution in [3.8, 4) is 11.5 Å². The highest BCUT2D eigenvalue weighted by Gasteiger charge is 2.09. The largest absolute Gasteiger partial charge is 0.493 e. The van der Waals surface area contributed by atoms with Crippen LogP contribution in [-0.4, -0.2) is 32.3 Å². The minimum atomic E-state index is -0.527. The summed E-state index contributed by atoms with van der Waals surface area (Å²) in [6.07, 6.45) is 1.52. The summed E-state index contributed by atoms with van der Waals surface area (Å²) >= 11 is 0. The van der Waals surface area contributed by atoms with Crippen molar-refractivity contribution >= 4 is 17.7 Å². The van der Waals surface area contributed by atoms with Gasteiger partial charge in [-0.2, -0.15) is 0 Å². The first-order valence-electron chi connectivity index (χ1n) is 9.69. The van der Waals surface area contributed by atoms with E-state index in [4.69, 9.17) is 14.2 Å². The summed E-state index contributed by atoms with van der Waals surface area (Å²) in [5.74, 6) is 1.12. The van der Waals surface area contributed by atoms with E-state index in [1.54, 1.807) is 38.3 Å². The molecule has 2 aromatic carbocycles. The summed E-state index contributed by atoms with van der Waals surface area (Å²) in [4.78, 5) is 23.8. The van der Waals surface area contributed by atoms with Gasteiger partial charge in [0.05, 0.1) is 20.3 Å². The molecule has 0 radical (unpaired) electrons. The quantitative estimate of drug-likeness (QED) is 0.578. The highest BCUT2D eigenvalue weighted by Crippen LogP contribution is 2.28. The zero-order valence-electron chi connectivity index (χ0n) is 17.1. The van der Waals surface area contributed by atoms with E-state index in [0.717, 1.165) is 18.4 Å². The van der Waals surface area contributed by atoms with Crippen molar-refractivity contribution in [1.82, 2.24) is 5.32 Å². The van der Waals surface area contributed by atoms with Crippen molar-refractivity contribution in [2.45, 2.75) is 33.2 Å². The molecule has 0 aliphatic heterocycles. The number of amides is 2. The third kappa shape index (κ3) is 7.03. The van der Waals surface area contributed by atoms with Crippen LogP contribution < -0.4 is 20.1 Å². The Kier molecular flexibility index (Phi) is 8.82. The van der Waals surface area contributed by atoms with Gasteiger partial charge < -0.3 is 19.5 Å². The monoisotopic (exact) mass is 400 g/mol. The predicted octanol–water partition coefficient (Wildman–Crippen LogP) is 4.37. The molecule has 7 heteroatoms. The zero-order valence-corrected chi connectivity index (χ0v) is 17.1. The first-order chi connectivity index (χ1) is 14.1. The number of nitrogens with one attached hydrogen (secondary N) is 2. The van der Waals surface area contributed by atoms with Gasteiger partial charge in [0.15, 0.2) is 11.5 Å². The number of methoxy groups -OCH3 is 1. The van der Waals surface area contributed by atoms with E-state index in [9.17, 15) is 9.59 Å². The topological polar surface area (TPSA) is 85.9 Å². The Morgan fingerprint density at radius 3 is 2.41 bits per heavy atom. The summed E-state index contributed by atoms with van der Waals surface area (Å²) in [6, 6.07) is 12.2. The van der Waals surface area contributed by atoms with E-state index >= 15 is 0 Å². The summed E-state index contributed by atoms with van der Waals surface area (Å²) in [5.41, 5.74) is 1.95. The molecule has 0 aliphatic rings. The van der Waals surface area contributed by atoms with E-state index in [1.165, 1.54) is 0 Å².